The molecule has 0 unspecified atom stereocenters. The number of hydrogen-bond acceptors (Lipinski definition) is 4. The fourth-order valence-electron chi connectivity index (χ4n) is 5.03. The molecule has 182 valence electrons. The number of hydrogen-bond donors (Lipinski definition) is 2. The van der Waals surface area contributed by atoms with Crippen molar-refractivity contribution < 1.29 is 4.79 Å². The van der Waals surface area contributed by atoms with E-state index in [4.69, 9.17) is 12.2 Å². The first-order chi connectivity index (χ1) is 17.4. The second-order valence-electron chi connectivity index (χ2n) is 9.59. The van der Waals surface area contributed by atoms with Crippen molar-refractivity contribution in [3.8, 4) is 6.07 Å². The average molecular weight is 513 g/mol. The maximum Gasteiger partial charge on any atom is 0.257 e. The van der Waals surface area contributed by atoms with Gasteiger partial charge in [-0.15, -0.1) is 11.3 Å². The van der Waals surface area contributed by atoms with E-state index >= 15 is 0 Å². The van der Waals surface area contributed by atoms with Gasteiger partial charge in [-0.25, -0.2) is 0 Å². The second kappa shape index (κ2) is 9.88. The molecule has 0 saturated carbocycles. The first-order valence-electron chi connectivity index (χ1n) is 12.2. The van der Waals surface area contributed by atoms with Gasteiger partial charge in [-0.1, -0.05) is 37.3 Å². The number of benzene rings is 2. The molecular weight excluding hydrogens is 484 g/mol. The standard InChI is InChI=1S/C29H28N4OS2/c1-17-9-11-22-24(15-30)28(36-26(22)13-17)32-29(35)31-27(34)21-10-12-25-23(14-21)18(2)19(3)33(25)16-20-7-5-4-6-8-20/h4-8,10,12,14,17H,9,11,13,16H2,1-3H3,(H2,31,32,34,35)/t17-/m0/s1. The number of rotatable bonds is 4. The Balaban J connectivity index is 1.34. The van der Waals surface area contributed by atoms with Crippen LogP contribution in [0.4, 0.5) is 5.00 Å². The van der Waals surface area contributed by atoms with E-state index in [1.54, 1.807) is 11.3 Å². The van der Waals surface area contributed by atoms with Gasteiger partial charge < -0.3 is 9.88 Å². The highest BCUT2D eigenvalue weighted by Crippen LogP contribution is 2.39. The molecule has 1 aliphatic rings. The van der Waals surface area contributed by atoms with Crippen LogP contribution in [0.1, 0.15) is 56.5 Å². The summed E-state index contributed by atoms with van der Waals surface area (Å²) in [7, 11) is 0. The van der Waals surface area contributed by atoms with Gasteiger partial charge in [-0.05, 0) is 86.1 Å². The molecule has 7 heteroatoms. The third-order valence-corrected chi connectivity index (χ3v) is 8.54. The Morgan fingerprint density at radius 2 is 2.00 bits per heavy atom. The van der Waals surface area contributed by atoms with E-state index in [0.717, 1.165) is 52.8 Å². The van der Waals surface area contributed by atoms with E-state index in [-0.39, 0.29) is 11.0 Å². The summed E-state index contributed by atoms with van der Waals surface area (Å²) >= 11 is 7.03. The van der Waals surface area contributed by atoms with Gasteiger partial charge in [0.25, 0.3) is 5.91 Å². The highest BCUT2D eigenvalue weighted by atomic mass is 32.1. The number of aryl methyl sites for hydroxylation is 1. The fourth-order valence-corrected chi connectivity index (χ4v) is 6.65. The molecule has 0 spiro atoms. The summed E-state index contributed by atoms with van der Waals surface area (Å²) in [4.78, 5) is 14.3. The molecule has 4 aromatic rings. The third-order valence-electron chi connectivity index (χ3n) is 7.16. The van der Waals surface area contributed by atoms with Gasteiger partial charge in [-0.3, -0.25) is 10.1 Å². The summed E-state index contributed by atoms with van der Waals surface area (Å²) in [6, 6.07) is 18.5. The lowest BCUT2D eigenvalue weighted by Crippen LogP contribution is -2.34. The van der Waals surface area contributed by atoms with Crippen LogP contribution in [-0.4, -0.2) is 15.6 Å². The highest BCUT2D eigenvalue weighted by Gasteiger charge is 2.24. The number of fused-ring (bicyclic) bond motifs is 2. The molecular formula is C29H28N4OS2. The lowest BCUT2D eigenvalue weighted by Gasteiger charge is -2.17. The first-order valence-corrected chi connectivity index (χ1v) is 13.4. The highest BCUT2D eigenvalue weighted by molar-refractivity contribution is 7.80. The first kappa shape index (κ1) is 24.2. The zero-order valence-electron chi connectivity index (χ0n) is 20.6. The van der Waals surface area contributed by atoms with Crippen LogP contribution in [0.15, 0.2) is 48.5 Å². The van der Waals surface area contributed by atoms with E-state index < -0.39 is 0 Å². The van der Waals surface area contributed by atoms with Crippen molar-refractivity contribution in [1.29, 1.82) is 5.26 Å². The number of anilines is 1. The maximum atomic E-state index is 13.1. The molecule has 0 radical (unpaired) electrons. The summed E-state index contributed by atoms with van der Waals surface area (Å²) in [5, 5.41) is 17.6. The van der Waals surface area contributed by atoms with Crippen LogP contribution >= 0.6 is 23.6 Å². The molecule has 2 N–H and O–H groups in total. The van der Waals surface area contributed by atoms with Gasteiger partial charge in [0.1, 0.15) is 11.1 Å². The number of nitrogens with one attached hydrogen (secondary N) is 2. The summed E-state index contributed by atoms with van der Waals surface area (Å²) in [6.07, 6.45) is 2.99. The smallest absolute Gasteiger partial charge is 0.257 e. The molecule has 0 saturated heterocycles. The Kier molecular flexibility index (Phi) is 6.65. The minimum absolute atomic E-state index is 0.206. The number of nitrogens with zero attached hydrogens (tertiary/aromatic N) is 2. The van der Waals surface area contributed by atoms with Crippen molar-refractivity contribution in [3.63, 3.8) is 0 Å². The van der Waals surface area contributed by atoms with Crippen LogP contribution in [0.25, 0.3) is 10.9 Å². The molecule has 2 aromatic carbocycles. The Morgan fingerprint density at radius 3 is 2.75 bits per heavy atom. The Bertz CT molecular complexity index is 1520. The van der Waals surface area contributed by atoms with Gasteiger partial charge in [0.15, 0.2) is 5.11 Å². The predicted molar refractivity (Wildman–Crippen MR) is 151 cm³/mol. The van der Waals surface area contributed by atoms with Crippen LogP contribution in [0.2, 0.25) is 0 Å². The number of nitriles is 1. The Hall–Kier alpha value is -3.47. The summed E-state index contributed by atoms with van der Waals surface area (Å²) in [5.74, 6) is 0.350. The normalized spacial score (nSPS) is 14.8. The van der Waals surface area contributed by atoms with Gasteiger partial charge in [0.2, 0.25) is 0 Å². The van der Waals surface area contributed by atoms with Crippen LogP contribution < -0.4 is 10.6 Å². The number of carbonyl (C=O) groups excluding carboxylic acids is 1. The molecule has 5 nitrogen and oxygen atoms in total. The zero-order valence-corrected chi connectivity index (χ0v) is 22.3. The largest absolute Gasteiger partial charge is 0.340 e. The minimum atomic E-state index is -0.268. The van der Waals surface area contributed by atoms with Crippen molar-refractivity contribution in [3.05, 3.63) is 86.9 Å². The molecule has 0 fully saturated rings. The van der Waals surface area contributed by atoms with E-state index in [1.807, 2.05) is 36.4 Å². The molecule has 0 bridgehead atoms. The van der Waals surface area contributed by atoms with Crippen molar-refractivity contribution in [1.82, 2.24) is 9.88 Å². The second-order valence-corrected chi connectivity index (χ2v) is 11.1. The number of thiophene rings is 1. The molecule has 2 aromatic heterocycles. The monoisotopic (exact) mass is 512 g/mol. The van der Waals surface area contributed by atoms with Crippen LogP contribution in [-0.2, 0) is 19.4 Å². The van der Waals surface area contributed by atoms with Crippen molar-refractivity contribution in [2.45, 2.75) is 46.6 Å². The molecule has 36 heavy (non-hydrogen) atoms. The number of carbonyl (C=O) groups is 1. The zero-order chi connectivity index (χ0) is 25.4. The molecule has 1 aliphatic carbocycles. The predicted octanol–water partition coefficient (Wildman–Crippen LogP) is 6.49. The fraction of sp³-hybridized carbons (Fsp3) is 0.276. The van der Waals surface area contributed by atoms with Crippen molar-refractivity contribution >= 4 is 50.5 Å². The van der Waals surface area contributed by atoms with E-state index in [1.165, 1.54) is 16.1 Å². The minimum Gasteiger partial charge on any atom is -0.340 e. The average Bonchev–Trinajstić information content (AvgIpc) is 3.32. The number of aromatic nitrogens is 1. The molecule has 1 atom stereocenters. The molecule has 2 heterocycles. The van der Waals surface area contributed by atoms with Crippen LogP contribution in [0.3, 0.4) is 0 Å². The van der Waals surface area contributed by atoms with Crippen LogP contribution in [0, 0.1) is 31.1 Å². The lowest BCUT2D eigenvalue weighted by atomic mass is 9.89. The number of amides is 1. The lowest BCUT2D eigenvalue weighted by molar-refractivity contribution is 0.0978. The van der Waals surface area contributed by atoms with Gasteiger partial charge >= 0.3 is 0 Å². The Labute approximate surface area is 220 Å². The number of thiocarbonyl (C=S) groups is 1. The summed E-state index contributed by atoms with van der Waals surface area (Å²) in [6.45, 7) is 7.23. The molecule has 5 rings (SSSR count). The topological polar surface area (TPSA) is 69.8 Å². The van der Waals surface area contributed by atoms with Crippen molar-refractivity contribution in [2.75, 3.05) is 5.32 Å². The quantitative estimate of drug-likeness (QED) is 0.307. The maximum absolute atomic E-state index is 13.1. The van der Waals surface area contributed by atoms with Crippen molar-refractivity contribution in [2.24, 2.45) is 5.92 Å². The third kappa shape index (κ3) is 4.55. The van der Waals surface area contributed by atoms with Gasteiger partial charge in [-0.2, -0.15) is 5.26 Å². The van der Waals surface area contributed by atoms with E-state index in [9.17, 15) is 10.1 Å². The van der Waals surface area contributed by atoms with Crippen LogP contribution in [0.5, 0.6) is 0 Å². The molecule has 1 amide bonds. The summed E-state index contributed by atoms with van der Waals surface area (Å²) < 4.78 is 2.29. The van der Waals surface area contributed by atoms with E-state index in [2.05, 4.69) is 54.2 Å². The molecule has 0 aliphatic heterocycles. The SMILES string of the molecule is Cc1c(C)n(Cc2ccccc2)c2ccc(C(=O)NC(=S)Nc3sc4c(c3C#N)CC[C@H](C)C4)cc12. The summed E-state index contributed by atoms with van der Waals surface area (Å²) in [5.41, 5.74) is 7.02. The van der Waals surface area contributed by atoms with Gasteiger partial charge in [0, 0.05) is 33.6 Å². The Morgan fingerprint density at radius 1 is 1.22 bits per heavy atom. The van der Waals surface area contributed by atoms with Gasteiger partial charge in [0.05, 0.1) is 5.56 Å². The van der Waals surface area contributed by atoms with E-state index in [0.29, 0.717) is 17.0 Å².